The number of carbonyl (C=O) groups is 2. The van der Waals surface area contributed by atoms with Crippen LogP contribution in [0, 0.1) is 6.92 Å². The highest BCUT2D eigenvalue weighted by Gasteiger charge is 2.77. The van der Waals surface area contributed by atoms with Crippen LogP contribution in [0.5, 0.6) is 11.5 Å². The lowest BCUT2D eigenvalue weighted by Gasteiger charge is -2.45. The van der Waals surface area contributed by atoms with E-state index in [1.807, 2.05) is 0 Å². The predicted octanol–water partition coefficient (Wildman–Crippen LogP) is 4.17. The summed E-state index contributed by atoms with van der Waals surface area (Å²) in [6.07, 6.45) is -4.83. The van der Waals surface area contributed by atoms with Gasteiger partial charge in [0.05, 0.1) is 6.42 Å². The van der Waals surface area contributed by atoms with E-state index in [9.17, 15) is 27.9 Å². The number of hydrogen-bond donors (Lipinski definition) is 1. The lowest BCUT2D eigenvalue weighted by atomic mass is 9.59. The molecule has 1 aliphatic carbocycles. The summed E-state index contributed by atoms with van der Waals surface area (Å²) in [5.74, 6) is -2.04. The number of rotatable bonds is 1. The van der Waals surface area contributed by atoms with Gasteiger partial charge >= 0.3 is 6.18 Å². The van der Waals surface area contributed by atoms with Crippen LogP contribution in [0.25, 0.3) is 0 Å². The summed E-state index contributed by atoms with van der Waals surface area (Å²) >= 11 is 0. The maximum absolute atomic E-state index is 15.0. The van der Waals surface area contributed by atoms with Crippen molar-refractivity contribution in [1.82, 2.24) is 0 Å². The van der Waals surface area contributed by atoms with Crippen molar-refractivity contribution >= 4 is 11.6 Å². The first-order valence-corrected chi connectivity index (χ1v) is 8.96. The van der Waals surface area contributed by atoms with Gasteiger partial charge in [0.1, 0.15) is 11.5 Å². The Morgan fingerprint density at radius 1 is 1.07 bits per heavy atom. The van der Waals surface area contributed by atoms with E-state index in [2.05, 4.69) is 0 Å². The van der Waals surface area contributed by atoms with Crippen LogP contribution in [0.4, 0.5) is 13.2 Å². The molecule has 4 nitrogen and oxygen atoms in total. The van der Waals surface area contributed by atoms with Gasteiger partial charge in [-0.1, -0.05) is 30.3 Å². The van der Waals surface area contributed by atoms with Crippen molar-refractivity contribution in [3.05, 3.63) is 70.8 Å². The average Bonchev–Trinajstić information content (AvgIpc) is 2.92. The van der Waals surface area contributed by atoms with E-state index < -0.39 is 35.2 Å². The molecule has 0 unspecified atom stereocenters. The van der Waals surface area contributed by atoms with Crippen LogP contribution in [0.2, 0.25) is 0 Å². The second kappa shape index (κ2) is 5.95. The smallest absolute Gasteiger partial charge is 0.406 e. The second-order valence-corrected chi connectivity index (χ2v) is 7.47. The van der Waals surface area contributed by atoms with Crippen molar-refractivity contribution in [3.63, 3.8) is 0 Å². The highest BCUT2D eigenvalue weighted by atomic mass is 19.4. The Labute approximate surface area is 164 Å². The van der Waals surface area contributed by atoms with Crippen LogP contribution >= 0.6 is 0 Å². The number of halogens is 3. The van der Waals surface area contributed by atoms with E-state index in [0.717, 1.165) is 12.1 Å². The summed E-state index contributed by atoms with van der Waals surface area (Å²) in [4.78, 5) is 25.6. The maximum atomic E-state index is 15.0. The quantitative estimate of drug-likeness (QED) is 0.778. The van der Waals surface area contributed by atoms with E-state index >= 15 is 0 Å². The number of alkyl halides is 3. The monoisotopic (exact) mass is 402 g/mol. The summed E-state index contributed by atoms with van der Waals surface area (Å²) < 4.78 is 50.7. The van der Waals surface area contributed by atoms with Gasteiger partial charge in [-0.3, -0.25) is 9.59 Å². The molecule has 2 aromatic carbocycles. The predicted molar refractivity (Wildman–Crippen MR) is 97.9 cm³/mol. The molecule has 0 aromatic heterocycles. The molecule has 1 N–H and O–H groups in total. The molecule has 1 heterocycles. The number of phenolic OH excluding ortho intramolecular Hbond substituents is 1. The fourth-order valence-corrected chi connectivity index (χ4v) is 4.40. The van der Waals surface area contributed by atoms with Gasteiger partial charge in [-0.25, -0.2) is 0 Å². The minimum atomic E-state index is -5.00. The van der Waals surface area contributed by atoms with E-state index in [4.69, 9.17) is 4.74 Å². The molecule has 2 atom stereocenters. The van der Waals surface area contributed by atoms with Gasteiger partial charge in [-0.15, -0.1) is 0 Å². The molecule has 0 saturated carbocycles. The van der Waals surface area contributed by atoms with Crippen molar-refractivity contribution in [2.45, 2.75) is 37.5 Å². The molecule has 2 aliphatic rings. The Hall–Kier alpha value is -3.09. The number of aromatic hydroxyl groups is 1. The Morgan fingerprint density at radius 3 is 2.34 bits per heavy atom. The molecule has 0 fully saturated rings. The Balaban J connectivity index is 2.18. The second-order valence-electron chi connectivity index (χ2n) is 7.47. The third-order valence-corrected chi connectivity index (χ3v) is 5.82. The van der Waals surface area contributed by atoms with Crippen LogP contribution in [-0.4, -0.2) is 28.5 Å². The molecule has 150 valence electrons. The number of aryl methyl sites for hydroxylation is 1. The van der Waals surface area contributed by atoms with E-state index in [1.165, 1.54) is 44.2 Å². The molecular formula is C22H17F3O4. The molecular weight excluding hydrogens is 385 g/mol. The third-order valence-electron chi connectivity index (χ3n) is 5.82. The summed E-state index contributed by atoms with van der Waals surface area (Å²) in [5.41, 5.74) is -5.70. The number of benzene rings is 2. The largest absolute Gasteiger partial charge is 0.508 e. The highest BCUT2D eigenvalue weighted by molar-refractivity contribution is 6.14. The van der Waals surface area contributed by atoms with Gasteiger partial charge in [0.2, 0.25) is 11.4 Å². The van der Waals surface area contributed by atoms with Crippen molar-refractivity contribution in [2.24, 2.45) is 0 Å². The first-order valence-electron chi connectivity index (χ1n) is 8.96. The van der Waals surface area contributed by atoms with Gasteiger partial charge in [0, 0.05) is 5.56 Å². The fourth-order valence-electron chi connectivity index (χ4n) is 4.40. The number of Topliss-reactive ketones (excluding diaryl/α,β-unsaturated/α-hetero) is 1. The lowest BCUT2D eigenvalue weighted by Crippen LogP contribution is -2.66. The molecule has 0 amide bonds. The Morgan fingerprint density at radius 2 is 1.72 bits per heavy atom. The molecule has 0 bridgehead atoms. The van der Waals surface area contributed by atoms with Crippen LogP contribution in [-0.2, 0) is 15.0 Å². The lowest BCUT2D eigenvalue weighted by molar-refractivity contribution is -0.214. The fraction of sp³-hybridized carbons (Fsp3) is 0.273. The Bertz CT molecular complexity index is 1070. The first-order chi connectivity index (χ1) is 13.5. The van der Waals surface area contributed by atoms with E-state index in [1.54, 1.807) is 6.07 Å². The highest BCUT2D eigenvalue weighted by Crippen LogP contribution is 2.63. The topological polar surface area (TPSA) is 63.6 Å². The number of phenols is 1. The molecule has 4 rings (SSSR count). The molecule has 0 saturated heterocycles. The van der Waals surface area contributed by atoms with Crippen LogP contribution in [0.15, 0.2) is 54.1 Å². The average molecular weight is 402 g/mol. The van der Waals surface area contributed by atoms with E-state index in [0.29, 0.717) is 5.56 Å². The number of hydrogen-bond acceptors (Lipinski definition) is 4. The van der Waals surface area contributed by atoms with Crippen molar-refractivity contribution in [3.8, 4) is 11.5 Å². The number of ketones is 2. The molecule has 2 aromatic rings. The van der Waals surface area contributed by atoms with Crippen molar-refractivity contribution in [1.29, 1.82) is 0 Å². The maximum Gasteiger partial charge on any atom is 0.406 e. The normalized spacial score (nSPS) is 26.3. The summed E-state index contributed by atoms with van der Waals surface area (Å²) in [6, 6.07) is 9.19. The number of allylic oxidation sites excluding steroid dienone is 1. The molecule has 0 radical (unpaired) electrons. The van der Waals surface area contributed by atoms with E-state index in [-0.39, 0.29) is 28.2 Å². The minimum Gasteiger partial charge on any atom is -0.508 e. The zero-order valence-electron chi connectivity index (χ0n) is 15.6. The molecule has 29 heavy (non-hydrogen) atoms. The van der Waals surface area contributed by atoms with Crippen LogP contribution in [0.1, 0.15) is 30.0 Å². The standard InChI is InChI=1S/C22H17F3O4/c1-12-8-18-15(10-16(12)26)21(22(23,24)25,14-6-4-3-5-7-14)20(29-18)11-17(27)13(2)9-19(20)28/h3-10,26H,11H2,1-2H3/t20-,21+/m0/s1. The number of carbonyl (C=O) groups excluding carboxylic acids is 2. The summed E-state index contributed by atoms with van der Waals surface area (Å²) in [7, 11) is 0. The van der Waals surface area contributed by atoms with Gasteiger partial charge in [-0.2, -0.15) is 13.2 Å². The first kappa shape index (κ1) is 19.2. The van der Waals surface area contributed by atoms with Gasteiger partial charge in [0.25, 0.3) is 0 Å². The number of ether oxygens (including phenoxy) is 1. The molecule has 7 heteroatoms. The molecule has 1 spiro atoms. The number of fused-ring (bicyclic) bond motifs is 1. The van der Waals surface area contributed by atoms with Gasteiger partial charge in [-0.05, 0) is 48.8 Å². The van der Waals surface area contributed by atoms with Gasteiger partial charge < -0.3 is 9.84 Å². The summed E-state index contributed by atoms with van der Waals surface area (Å²) in [5, 5.41) is 10.2. The van der Waals surface area contributed by atoms with Gasteiger partial charge in [0.15, 0.2) is 11.2 Å². The van der Waals surface area contributed by atoms with Crippen LogP contribution in [0.3, 0.4) is 0 Å². The van der Waals surface area contributed by atoms with Crippen molar-refractivity contribution in [2.75, 3.05) is 0 Å². The van der Waals surface area contributed by atoms with Crippen molar-refractivity contribution < 1.29 is 32.6 Å². The minimum absolute atomic E-state index is 0.0864. The zero-order valence-corrected chi connectivity index (χ0v) is 15.6. The molecule has 1 aliphatic heterocycles. The summed E-state index contributed by atoms with van der Waals surface area (Å²) in [6.45, 7) is 2.91. The van der Waals surface area contributed by atoms with Crippen LogP contribution < -0.4 is 4.74 Å². The SMILES string of the molecule is CC1=CC(=O)[C@]2(CC1=O)Oc1cc(C)c(O)cc1[C@@]2(c1ccccc1)C(F)(F)F. The Kier molecular flexibility index (Phi) is 3.95. The third kappa shape index (κ3) is 2.33. The zero-order chi connectivity index (χ0) is 21.2.